The van der Waals surface area contributed by atoms with Gasteiger partial charge in [-0.3, -0.25) is 0 Å². The van der Waals surface area contributed by atoms with Crippen LogP contribution in [0, 0.1) is 52.3 Å². The van der Waals surface area contributed by atoms with E-state index in [4.69, 9.17) is 52.1 Å². The zero-order valence-electron chi connectivity index (χ0n) is 48.0. The smallest absolute Gasteiger partial charge is 0.187 e. The molecule has 17 N–H and O–H groups in total. The Labute approximate surface area is 487 Å². The van der Waals surface area contributed by atoms with Crippen molar-refractivity contribution in [3.05, 3.63) is 0 Å². The van der Waals surface area contributed by atoms with Crippen LogP contribution < -0.4 is 0 Å². The molecular formula is C56H94O28. The third-order valence-corrected chi connectivity index (χ3v) is 21.8. The van der Waals surface area contributed by atoms with E-state index in [2.05, 4.69) is 20.8 Å². The summed E-state index contributed by atoms with van der Waals surface area (Å²) in [6, 6.07) is 0. The van der Waals surface area contributed by atoms with E-state index in [0.29, 0.717) is 43.4 Å². The number of ether oxygens (including phenoxy) is 11. The molecule has 6 aliphatic heterocycles. The van der Waals surface area contributed by atoms with Crippen LogP contribution in [0.1, 0.15) is 91.9 Å². The topological polar surface area (TPSA) is 445 Å². The summed E-state index contributed by atoms with van der Waals surface area (Å²) in [4.78, 5) is 0. The van der Waals surface area contributed by atoms with Crippen molar-refractivity contribution in [2.24, 2.45) is 52.3 Å². The summed E-state index contributed by atoms with van der Waals surface area (Å²) in [6.45, 7) is 5.39. The Bertz CT molecular complexity index is 2140. The predicted molar refractivity (Wildman–Crippen MR) is 278 cm³/mol. The number of aliphatic hydroxyl groups excluding tert-OH is 16. The second-order valence-electron chi connectivity index (χ2n) is 26.6. The van der Waals surface area contributed by atoms with Crippen LogP contribution >= 0.6 is 0 Å². The molecule has 0 bridgehead atoms. The lowest BCUT2D eigenvalue weighted by Gasteiger charge is -2.61. The Kier molecular flexibility index (Phi) is 20.6. The number of rotatable bonds is 18. The van der Waals surface area contributed by atoms with E-state index in [0.717, 1.165) is 38.5 Å². The van der Waals surface area contributed by atoms with E-state index in [-0.39, 0.29) is 47.2 Å². The van der Waals surface area contributed by atoms with Gasteiger partial charge in [0.15, 0.2) is 37.2 Å². The van der Waals surface area contributed by atoms with Crippen LogP contribution in [0.15, 0.2) is 0 Å². The quantitative estimate of drug-likeness (QED) is 0.0569. The summed E-state index contributed by atoms with van der Waals surface area (Å²) < 4.78 is 65.8. The first kappa shape index (κ1) is 65.8. The molecule has 0 amide bonds. The molecule has 6 heterocycles. The van der Waals surface area contributed by atoms with Crippen molar-refractivity contribution in [2.75, 3.05) is 39.6 Å². The predicted octanol–water partition coefficient (Wildman–Crippen LogP) is -5.49. The molecule has 0 aromatic heterocycles. The minimum atomic E-state index is -2.03. The van der Waals surface area contributed by atoms with E-state index in [9.17, 15) is 86.8 Å². The van der Waals surface area contributed by atoms with E-state index in [1.54, 1.807) is 0 Å². The third-order valence-electron chi connectivity index (χ3n) is 21.8. The van der Waals surface area contributed by atoms with E-state index < -0.39 is 192 Å². The Balaban J connectivity index is 0.778. The first-order valence-electron chi connectivity index (χ1n) is 30.3. The Hall–Kier alpha value is -1.12. The Morgan fingerprint density at radius 3 is 1.69 bits per heavy atom. The summed E-state index contributed by atoms with van der Waals surface area (Å²) in [5, 5.41) is 182. The van der Waals surface area contributed by atoms with Crippen LogP contribution in [0.4, 0.5) is 0 Å². The van der Waals surface area contributed by atoms with Crippen molar-refractivity contribution in [3.8, 4) is 0 Å². The fourth-order valence-corrected chi connectivity index (χ4v) is 16.9. The highest BCUT2D eigenvalue weighted by Gasteiger charge is 2.69. The monoisotopic (exact) mass is 1210 g/mol. The zero-order chi connectivity index (χ0) is 60.6. The molecule has 0 spiro atoms. The molecule has 0 aromatic carbocycles. The maximum atomic E-state index is 12.3. The summed E-state index contributed by atoms with van der Waals surface area (Å²) >= 11 is 0. The molecule has 10 rings (SSSR count). The number of fused-ring (bicyclic) bond motifs is 7. The van der Waals surface area contributed by atoms with Crippen LogP contribution in [0.2, 0.25) is 0 Å². The lowest BCUT2D eigenvalue weighted by molar-refractivity contribution is -0.396. The van der Waals surface area contributed by atoms with E-state index >= 15 is 0 Å². The average Bonchev–Trinajstić information content (AvgIpc) is 1.64. The van der Waals surface area contributed by atoms with E-state index in [1.165, 1.54) is 0 Å². The molecule has 28 nitrogen and oxygen atoms in total. The second kappa shape index (κ2) is 26.2. The van der Waals surface area contributed by atoms with Crippen molar-refractivity contribution in [3.63, 3.8) is 0 Å². The molecule has 6 saturated heterocycles. The van der Waals surface area contributed by atoms with Crippen molar-refractivity contribution >= 4 is 0 Å². The fourth-order valence-electron chi connectivity index (χ4n) is 16.9. The maximum absolute atomic E-state index is 12.3. The van der Waals surface area contributed by atoms with Crippen molar-refractivity contribution < 1.29 is 139 Å². The number of hydrogen-bond donors (Lipinski definition) is 17. The molecular weight excluding hydrogens is 1120 g/mol. The standard InChI is InChI=1S/C56H94O28/c1-21(19-74-49-42(69)38(65)36(63)30(15-57)77-49)7-12-56(73)22(2)34-29(84-56)14-27-25-6-5-23-13-24(8-10-54(23,3)26(25)9-11-55(27,34)4)76-53-45(72)48(83-51-43(70)39(66)37(64)31(16-58)78-51)47(33(18-60)80-53)82-52-44(71)40(67)46(32(17-59)79-52)81-50-41(68)35(62)28(61)20-75-50/h21-53,57-73H,5-20H2,1-4H3/t21?,22?,23?,24-,25?,26?,27?,28+,29?,30+,31+,32+,33+,34?,35-,36+,37+,38-,39-,40+,41+,42+,43+,44+,45+,46+,47+,48+,49+,50-,51-,52-,53+,54-,55-,56+/m0/s1. The molecule has 84 heavy (non-hydrogen) atoms. The third kappa shape index (κ3) is 12.1. The molecule has 0 aromatic rings. The normalized spacial score (nSPS) is 55.4. The largest absolute Gasteiger partial charge is 0.394 e. The fraction of sp³-hybridized carbons (Fsp3) is 1.00. The van der Waals surface area contributed by atoms with Gasteiger partial charge in [-0.05, 0) is 104 Å². The van der Waals surface area contributed by atoms with Crippen LogP contribution in [0.5, 0.6) is 0 Å². The van der Waals surface area contributed by atoms with Crippen LogP contribution in [-0.2, 0) is 52.1 Å². The van der Waals surface area contributed by atoms with E-state index in [1.807, 2.05) is 6.92 Å². The van der Waals surface area contributed by atoms with Crippen molar-refractivity contribution in [1.82, 2.24) is 0 Å². The molecule has 28 heteroatoms. The highest BCUT2D eigenvalue weighted by molar-refractivity contribution is 5.15. The van der Waals surface area contributed by atoms with Gasteiger partial charge in [-0.1, -0.05) is 27.7 Å². The summed E-state index contributed by atoms with van der Waals surface area (Å²) in [5.74, 6) is -0.0679. The van der Waals surface area contributed by atoms with Gasteiger partial charge in [0.25, 0.3) is 0 Å². The summed E-state index contributed by atoms with van der Waals surface area (Å²) in [6.07, 6.45) is -32.7. The molecule has 8 unspecified atom stereocenters. The van der Waals surface area contributed by atoms with Gasteiger partial charge in [0, 0.05) is 12.3 Å². The Morgan fingerprint density at radius 2 is 1.05 bits per heavy atom. The van der Waals surface area contributed by atoms with Crippen molar-refractivity contribution in [2.45, 2.75) is 257 Å². The minimum absolute atomic E-state index is 0.0644. The van der Waals surface area contributed by atoms with Gasteiger partial charge in [0.2, 0.25) is 0 Å². The Morgan fingerprint density at radius 1 is 0.512 bits per heavy atom. The molecule has 486 valence electrons. The van der Waals surface area contributed by atoms with Crippen molar-refractivity contribution in [1.29, 1.82) is 0 Å². The van der Waals surface area contributed by atoms with Crippen LogP contribution in [-0.4, -0.2) is 292 Å². The first-order valence-corrected chi connectivity index (χ1v) is 30.3. The lowest BCUT2D eigenvalue weighted by Crippen LogP contribution is -2.68. The highest BCUT2D eigenvalue weighted by atomic mass is 16.8. The van der Waals surface area contributed by atoms with Gasteiger partial charge < -0.3 is 139 Å². The van der Waals surface area contributed by atoms with Gasteiger partial charge in [-0.25, -0.2) is 0 Å². The lowest BCUT2D eigenvalue weighted by atomic mass is 9.44. The SMILES string of the molecule is CC(CC[C@@]1(O)OC2CC3C4CCC5C[C@@H](O[C@@H]6O[C@H](CO)[C@@H](O[C@@H]7O[C@H](CO)[C@@H](O[C@@H]8OC[C@@H](O)[C@H](O)[C@H]8O)[C@H](O)[C@H]7O)[C@H](O[C@@H]7O[C@H](CO)[C@@H](O)[C@H](O)[C@H]7O)[C@H]6O)CC[C@]5(C)C4CC[C@]3(C)C2C1C)CO[C@@H]1O[C@H](CO)[C@@H](O)[C@H](O)[C@H]1O. The molecule has 10 fully saturated rings. The molecule has 0 radical (unpaired) electrons. The highest BCUT2D eigenvalue weighted by Crippen LogP contribution is 2.71. The molecule has 4 aliphatic carbocycles. The van der Waals surface area contributed by atoms with Crippen LogP contribution in [0.3, 0.4) is 0 Å². The van der Waals surface area contributed by atoms with Gasteiger partial charge in [0.1, 0.15) is 116 Å². The summed E-state index contributed by atoms with van der Waals surface area (Å²) in [5.41, 5.74) is -0.139. The van der Waals surface area contributed by atoms with Crippen LogP contribution in [0.25, 0.3) is 0 Å². The molecule has 10 aliphatic rings. The second-order valence-corrected chi connectivity index (χ2v) is 26.6. The number of hydrogen-bond acceptors (Lipinski definition) is 28. The van der Waals surface area contributed by atoms with Gasteiger partial charge >= 0.3 is 0 Å². The zero-order valence-corrected chi connectivity index (χ0v) is 48.0. The summed E-state index contributed by atoms with van der Waals surface area (Å²) in [7, 11) is 0. The van der Waals surface area contributed by atoms with Gasteiger partial charge in [-0.2, -0.15) is 0 Å². The van der Waals surface area contributed by atoms with Gasteiger partial charge in [0.05, 0.1) is 51.8 Å². The molecule has 36 atom stereocenters. The first-order chi connectivity index (χ1) is 39.8. The molecule has 4 saturated carbocycles. The average molecular weight is 1220 g/mol. The minimum Gasteiger partial charge on any atom is -0.394 e. The number of aliphatic hydroxyl groups is 17. The maximum Gasteiger partial charge on any atom is 0.187 e. The van der Waals surface area contributed by atoms with Gasteiger partial charge in [-0.15, -0.1) is 0 Å².